The molecule has 0 aliphatic carbocycles. The van der Waals surface area contributed by atoms with Gasteiger partial charge in [-0.25, -0.2) is 4.79 Å². The fourth-order valence-corrected chi connectivity index (χ4v) is 3.25. The van der Waals surface area contributed by atoms with Crippen molar-refractivity contribution in [1.82, 2.24) is 15.5 Å². The Morgan fingerprint density at radius 3 is 2.43 bits per heavy atom. The molecule has 0 saturated carbocycles. The van der Waals surface area contributed by atoms with Crippen LogP contribution in [0.5, 0.6) is 5.75 Å². The summed E-state index contributed by atoms with van der Waals surface area (Å²) in [6.45, 7) is 9.14. The van der Waals surface area contributed by atoms with Gasteiger partial charge in [-0.05, 0) is 70.8 Å². The first kappa shape index (κ1) is 23.7. The zero-order valence-electron chi connectivity index (χ0n) is 18.6. The van der Waals surface area contributed by atoms with Crippen LogP contribution in [0.15, 0.2) is 36.4 Å². The van der Waals surface area contributed by atoms with Gasteiger partial charge in [0.05, 0.1) is 13.2 Å². The van der Waals surface area contributed by atoms with E-state index < -0.39 is 11.7 Å². The van der Waals surface area contributed by atoms with Crippen LogP contribution in [0.2, 0.25) is 0 Å². The lowest BCUT2D eigenvalue weighted by molar-refractivity contribution is -0.116. The highest BCUT2D eigenvalue weighted by atomic mass is 16.6. The van der Waals surface area contributed by atoms with E-state index in [2.05, 4.69) is 15.5 Å². The molecule has 2 amide bonds. The first-order valence-corrected chi connectivity index (χ1v) is 10.6. The van der Waals surface area contributed by atoms with Crippen LogP contribution >= 0.6 is 0 Å². The summed E-state index contributed by atoms with van der Waals surface area (Å²) in [5.74, 6) is 0.600. The Morgan fingerprint density at radius 1 is 1.17 bits per heavy atom. The van der Waals surface area contributed by atoms with Gasteiger partial charge in [-0.3, -0.25) is 4.79 Å². The Kier molecular flexibility index (Phi) is 9.17. The number of hydrogen-bond acceptors (Lipinski definition) is 5. The number of methoxy groups -OCH3 is 1. The first-order valence-electron chi connectivity index (χ1n) is 10.6. The van der Waals surface area contributed by atoms with Gasteiger partial charge in [0.15, 0.2) is 0 Å². The van der Waals surface area contributed by atoms with E-state index in [-0.39, 0.29) is 11.9 Å². The van der Waals surface area contributed by atoms with Crippen molar-refractivity contribution >= 4 is 12.0 Å². The van der Waals surface area contributed by atoms with E-state index in [4.69, 9.17) is 9.47 Å². The van der Waals surface area contributed by atoms with Gasteiger partial charge in [-0.1, -0.05) is 18.2 Å². The molecule has 1 aliphatic heterocycles. The van der Waals surface area contributed by atoms with Crippen molar-refractivity contribution in [3.8, 4) is 5.75 Å². The lowest BCUT2D eigenvalue weighted by Gasteiger charge is -2.22. The third kappa shape index (κ3) is 9.31. The minimum absolute atomic E-state index is 0.167. The maximum atomic E-state index is 12.2. The number of carbonyl (C=O) groups excluding carboxylic acids is 2. The summed E-state index contributed by atoms with van der Waals surface area (Å²) in [4.78, 5) is 26.8. The average Bonchev–Trinajstić information content (AvgIpc) is 3.18. The number of benzene rings is 1. The second-order valence-electron chi connectivity index (χ2n) is 8.50. The molecule has 7 nitrogen and oxygen atoms in total. The number of rotatable bonds is 9. The summed E-state index contributed by atoms with van der Waals surface area (Å²) in [5, 5.41) is 5.75. The van der Waals surface area contributed by atoms with Gasteiger partial charge in [0.25, 0.3) is 0 Å². The van der Waals surface area contributed by atoms with Gasteiger partial charge in [-0.15, -0.1) is 0 Å². The third-order valence-electron chi connectivity index (χ3n) is 4.72. The Morgan fingerprint density at radius 2 is 1.83 bits per heavy atom. The molecule has 1 aromatic carbocycles. The minimum Gasteiger partial charge on any atom is -0.497 e. The molecule has 1 aromatic rings. The molecule has 0 aromatic heterocycles. The van der Waals surface area contributed by atoms with Crippen molar-refractivity contribution in [2.45, 2.75) is 51.7 Å². The number of ether oxygens (including phenoxy) is 2. The summed E-state index contributed by atoms with van der Waals surface area (Å²) in [6, 6.07) is 7.24. The van der Waals surface area contributed by atoms with Gasteiger partial charge in [0.1, 0.15) is 11.4 Å². The van der Waals surface area contributed by atoms with E-state index in [0.717, 1.165) is 30.9 Å². The van der Waals surface area contributed by atoms with Crippen molar-refractivity contribution in [3.05, 3.63) is 42.0 Å². The van der Waals surface area contributed by atoms with E-state index >= 15 is 0 Å². The topological polar surface area (TPSA) is 79.9 Å². The SMILES string of the molecule is COc1ccc(C[C@@H](C=CC(=O)NCCN2CCCC2)NC(=O)OC(C)(C)C)cc1. The normalized spacial score (nSPS) is 15.7. The highest BCUT2D eigenvalue weighted by Crippen LogP contribution is 2.14. The van der Waals surface area contributed by atoms with Crippen molar-refractivity contribution in [3.63, 3.8) is 0 Å². The summed E-state index contributed by atoms with van der Waals surface area (Å²) < 4.78 is 10.5. The summed E-state index contributed by atoms with van der Waals surface area (Å²) >= 11 is 0. The van der Waals surface area contributed by atoms with Crippen molar-refractivity contribution in [2.75, 3.05) is 33.3 Å². The van der Waals surface area contributed by atoms with Crippen LogP contribution in [-0.4, -0.2) is 61.8 Å². The molecule has 30 heavy (non-hydrogen) atoms. The number of nitrogens with one attached hydrogen (secondary N) is 2. The number of nitrogens with zero attached hydrogens (tertiary/aromatic N) is 1. The molecule has 166 valence electrons. The van der Waals surface area contributed by atoms with Gasteiger partial charge < -0.3 is 25.0 Å². The second kappa shape index (κ2) is 11.6. The highest BCUT2D eigenvalue weighted by Gasteiger charge is 2.19. The molecule has 1 heterocycles. The first-order chi connectivity index (χ1) is 14.2. The van der Waals surface area contributed by atoms with Crippen molar-refractivity contribution in [1.29, 1.82) is 0 Å². The third-order valence-corrected chi connectivity index (χ3v) is 4.72. The van der Waals surface area contributed by atoms with Crippen LogP contribution in [0.4, 0.5) is 4.79 Å². The average molecular weight is 418 g/mol. The van der Waals surface area contributed by atoms with Crippen molar-refractivity contribution in [2.24, 2.45) is 0 Å². The van der Waals surface area contributed by atoms with E-state index in [1.54, 1.807) is 13.2 Å². The fourth-order valence-electron chi connectivity index (χ4n) is 3.25. The Labute approximate surface area is 179 Å². The van der Waals surface area contributed by atoms with E-state index in [0.29, 0.717) is 13.0 Å². The van der Waals surface area contributed by atoms with Gasteiger partial charge in [0.2, 0.25) is 5.91 Å². The largest absolute Gasteiger partial charge is 0.497 e. The minimum atomic E-state index is -0.592. The number of hydrogen-bond donors (Lipinski definition) is 2. The molecule has 1 fully saturated rings. The van der Waals surface area contributed by atoms with Gasteiger partial charge in [0, 0.05) is 19.2 Å². The zero-order valence-corrected chi connectivity index (χ0v) is 18.6. The van der Waals surface area contributed by atoms with Crippen LogP contribution in [0.3, 0.4) is 0 Å². The molecule has 1 saturated heterocycles. The molecule has 0 spiro atoms. The molecule has 1 aliphatic rings. The maximum Gasteiger partial charge on any atom is 0.408 e. The lowest BCUT2D eigenvalue weighted by atomic mass is 10.1. The Bertz CT molecular complexity index is 704. The van der Waals surface area contributed by atoms with Crippen LogP contribution in [0, 0.1) is 0 Å². The number of carbonyl (C=O) groups is 2. The standard InChI is InChI=1S/C23H35N3O4/c1-23(2,3)30-22(28)25-19(17-18-7-10-20(29-4)11-8-18)9-12-21(27)24-13-16-26-14-5-6-15-26/h7-12,19H,5-6,13-17H2,1-4H3,(H,24,27)(H,25,28)/t19-/m1/s1. The van der Waals surface area contributed by atoms with Crippen LogP contribution in [-0.2, 0) is 16.0 Å². The predicted octanol–water partition coefficient (Wildman–Crippen LogP) is 2.90. The summed E-state index contributed by atoms with van der Waals surface area (Å²) in [5.41, 5.74) is 0.418. The molecule has 1 atom stereocenters. The van der Waals surface area contributed by atoms with E-state index in [9.17, 15) is 9.59 Å². The zero-order chi connectivity index (χ0) is 22.0. The molecular weight excluding hydrogens is 382 g/mol. The number of alkyl carbamates (subject to hydrolysis) is 1. The number of likely N-dealkylation sites (tertiary alicyclic amines) is 1. The fraction of sp³-hybridized carbons (Fsp3) is 0.565. The Hall–Kier alpha value is -2.54. The summed E-state index contributed by atoms with van der Waals surface area (Å²) in [6.07, 6.45) is 5.67. The molecule has 7 heteroatoms. The van der Waals surface area contributed by atoms with E-state index in [1.807, 2.05) is 45.0 Å². The molecule has 0 bridgehead atoms. The van der Waals surface area contributed by atoms with E-state index in [1.165, 1.54) is 18.9 Å². The molecule has 2 N–H and O–H groups in total. The van der Waals surface area contributed by atoms with Crippen LogP contribution in [0.1, 0.15) is 39.2 Å². The van der Waals surface area contributed by atoms with Crippen LogP contribution in [0.25, 0.3) is 0 Å². The molecule has 0 unspecified atom stereocenters. The predicted molar refractivity (Wildman–Crippen MR) is 118 cm³/mol. The quantitative estimate of drug-likeness (QED) is 0.604. The lowest BCUT2D eigenvalue weighted by Crippen LogP contribution is -2.39. The Balaban J connectivity index is 1.93. The number of amides is 2. The molecular formula is C23H35N3O4. The van der Waals surface area contributed by atoms with Gasteiger partial charge in [-0.2, -0.15) is 0 Å². The monoisotopic (exact) mass is 417 g/mol. The molecule has 0 radical (unpaired) electrons. The molecule has 2 rings (SSSR count). The summed E-state index contributed by atoms with van der Waals surface area (Å²) in [7, 11) is 1.62. The highest BCUT2D eigenvalue weighted by molar-refractivity contribution is 5.87. The van der Waals surface area contributed by atoms with Crippen LogP contribution < -0.4 is 15.4 Å². The van der Waals surface area contributed by atoms with Gasteiger partial charge >= 0.3 is 6.09 Å². The van der Waals surface area contributed by atoms with Crippen molar-refractivity contribution < 1.29 is 19.1 Å². The smallest absolute Gasteiger partial charge is 0.408 e. The second-order valence-corrected chi connectivity index (χ2v) is 8.50. The maximum absolute atomic E-state index is 12.2.